The molecular weight excluding hydrogens is 306 g/mol. The summed E-state index contributed by atoms with van der Waals surface area (Å²) in [6.07, 6.45) is 6.40. The zero-order valence-corrected chi connectivity index (χ0v) is 14.3. The van der Waals surface area contributed by atoms with Crippen LogP contribution in [0.1, 0.15) is 51.9 Å². The zero-order chi connectivity index (χ0) is 17.1. The molecule has 24 heavy (non-hydrogen) atoms. The average Bonchev–Trinajstić information content (AvgIpc) is 2.82. The lowest BCUT2D eigenvalue weighted by Crippen LogP contribution is -2.69. The highest BCUT2D eigenvalue weighted by Crippen LogP contribution is 2.60. The predicted octanol–water partition coefficient (Wildman–Crippen LogP) is 1.61. The highest BCUT2D eigenvalue weighted by molar-refractivity contribution is 5.69. The van der Waals surface area contributed by atoms with Crippen LogP contribution in [0.3, 0.4) is 0 Å². The average molecular weight is 333 g/mol. The minimum Gasteiger partial charge on any atom is -0.480 e. The number of hydrazine groups is 1. The van der Waals surface area contributed by atoms with Crippen LogP contribution in [0.5, 0.6) is 0 Å². The maximum Gasteiger partial charge on any atom is 0.319 e. The van der Waals surface area contributed by atoms with Crippen LogP contribution < -0.4 is 0 Å². The molecule has 0 amide bonds. The molecule has 0 radical (unpaired) electrons. The monoisotopic (exact) mass is 333 g/mol. The molecule has 1 aliphatic heterocycles. The highest BCUT2D eigenvalue weighted by Gasteiger charge is 2.61. The van der Waals surface area contributed by atoms with Crippen LogP contribution in [-0.2, 0) is 4.79 Å². The molecule has 4 bridgehead atoms. The summed E-state index contributed by atoms with van der Waals surface area (Å²) < 4.78 is 0. The van der Waals surface area contributed by atoms with Crippen molar-refractivity contribution in [3.63, 3.8) is 0 Å². The van der Waals surface area contributed by atoms with Crippen molar-refractivity contribution in [2.45, 2.75) is 69.1 Å². The van der Waals surface area contributed by atoms with Crippen LogP contribution in [0.4, 0.5) is 0 Å². The summed E-state index contributed by atoms with van der Waals surface area (Å²) in [5, 5.41) is 34.2. The quantitative estimate of drug-likeness (QED) is 0.812. The van der Waals surface area contributed by atoms with Crippen molar-refractivity contribution < 1.29 is 15.0 Å². The molecule has 2 unspecified atom stereocenters. The largest absolute Gasteiger partial charge is 0.480 e. The molecule has 1 saturated heterocycles. The summed E-state index contributed by atoms with van der Waals surface area (Å²) in [7, 11) is 0. The van der Waals surface area contributed by atoms with Crippen molar-refractivity contribution in [1.29, 1.82) is 5.26 Å². The van der Waals surface area contributed by atoms with E-state index in [1.54, 1.807) is 0 Å². The molecule has 5 aliphatic rings. The fourth-order valence-corrected chi connectivity index (χ4v) is 6.52. The Bertz CT molecular complexity index is 573. The van der Waals surface area contributed by atoms with E-state index in [9.17, 15) is 20.3 Å². The smallest absolute Gasteiger partial charge is 0.319 e. The number of carbonyl (C=O) groups is 1. The van der Waals surface area contributed by atoms with Gasteiger partial charge in [-0.2, -0.15) is 5.26 Å². The number of carboxylic acids is 1. The first-order valence-electron chi connectivity index (χ1n) is 9.22. The van der Waals surface area contributed by atoms with Crippen LogP contribution in [0.25, 0.3) is 0 Å². The molecule has 6 nitrogen and oxygen atoms in total. The van der Waals surface area contributed by atoms with Gasteiger partial charge in [-0.3, -0.25) is 4.79 Å². The van der Waals surface area contributed by atoms with E-state index in [1.807, 2.05) is 10.0 Å². The molecule has 2 N–H and O–H groups in total. The second kappa shape index (κ2) is 5.42. The van der Waals surface area contributed by atoms with Gasteiger partial charge in [0.2, 0.25) is 0 Å². The number of aliphatic hydroxyl groups is 1. The Morgan fingerprint density at radius 1 is 1.33 bits per heavy atom. The normalized spacial score (nSPS) is 47.2. The van der Waals surface area contributed by atoms with Gasteiger partial charge in [-0.15, -0.1) is 0 Å². The Hall–Kier alpha value is -1.16. The number of nitriles is 1. The molecule has 5 rings (SSSR count). The first-order chi connectivity index (χ1) is 11.3. The molecule has 0 spiro atoms. The Labute approximate surface area is 143 Å². The minimum atomic E-state index is -0.853. The third-order valence-corrected chi connectivity index (χ3v) is 6.95. The van der Waals surface area contributed by atoms with Gasteiger partial charge < -0.3 is 10.2 Å². The maximum absolute atomic E-state index is 11.6. The lowest BCUT2D eigenvalue weighted by atomic mass is 9.51. The van der Waals surface area contributed by atoms with Gasteiger partial charge in [0.05, 0.1) is 11.7 Å². The van der Waals surface area contributed by atoms with Gasteiger partial charge in [0.25, 0.3) is 0 Å². The Morgan fingerprint density at radius 2 is 2.00 bits per heavy atom. The predicted molar refractivity (Wildman–Crippen MR) is 86.6 cm³/mol. The topological polar surface area (TPSA) is 87.8 Å². The third-order valence-electron chi connectivity index (χ3n) is 6.95. The van der Waals surface area contributed by atoms with E-state index < -0.39 is 11.6 Å². The van der Waals surface area contributed by atoms with Crippen molar-refractivity contribution in [1.82, 2.24) is 10.0 Å². The fourth-order valence-electron chi connectivity index (χ4n) is 6.52. The summed E-state index contributed by atoms with van der Waals surface area (Å²) in [6, 6.07) is 2.13. The summed E-state index contributed by atoms with van der Waals surface area (Å²) in [4.78, 5) is 11.6. The van der Waals surface area contributed by atoms with Gasteiger partial charge in [-0.1, -0.05) is 6.92 Å². The molecule has 0 aromatic carbocycles. The molecular formula is C18H27N3O3. The first kappa shape index (κ1) is 16.3. The molecule has 5 fully saturated rings. The summed E-state index contributed by atoms with van der Waals surface area (Å²) >= 11 is 0. The maximum atomic E-state index is 11.6. The summed E-state index contributed by atoms with van der Waals surface area (Å²) in [6.45, 7) is 2.74. The van der Waals surface area contributed by atoms with Crippen molar-refractivity contribution in [2.24, 2.45) is 17.8 Å². The number of aliphatic carboxylic acids is 1. The highest BCUT2D eigenvalue weighted by atomic mass is 16.4. The first-order valence-corrected chi connectivity index (χ1v) is 9.22. The lowest BCUT2D eigenvalue weighted by Gasteiger charge is -2.64. The van der Waals surface area contributed by atoms with Crippen LogP contribution in [0, 0.1) is 29.1 Å². The molecule has 4 aliphatic carbocycles. The number of nitrogens with zero attached hydrogens (tertiary/aromatic N) is 3. The van der Waals surface area contributed by atoms with E-state index in [1.165, 1.54) is 6.42 Å². The van der Waals surface area contributed by atoms with Gasteiger partial charge in [0, 0.05) is 12.1 Å². The minimum absolute atomic E-state index is 0.0690. The van der Waals surface area contributed by atoms with Gasteiger partial charge in [0.15, 0.2) is 0 Å². The standard InChI is InChI=1S/C18H27N3O3/c1-12-2-3-20(15(12)9-19)21(10-16(22)23)17-5-13-4-14(6-17)8-18(24,7-13)11-17/h12-15,24H,2-8,10-11H2,1H3,(H,22,23)/t12-,13-,14+,15+,17?,18?/m0/s1. The Morgan fingerprint density at radius 3 is 2.54 bits per heavy atom. The molecule has 1 heterocycles. The second-order valence-corrected chi connectivity index (χ2v) is 8.86. The van der Waals surface area contributed by atoms with Crippen molar-refractivity contribution in [3.8, 4) is 6.07 Å². The van der Waals surface area contributed by atoms with Gasteiger partial charge in [0.1, 0.15) is 12.6 Å². The van der Waals surface area contributed by atoms with E-state index in [4.69, 9.17) is 0 Å². The number of hydrogen-bond acceptors (Lipinski definition) is 5. The van der Waals surface area contributed by atoms with E-state index in [-0.39, 0.29) is 24.0 Å². The molecule has 0 aromatic rings. The second-order valence-electron chi connectivity index (χ2n) is 8.86. The molecule has 6 atom stereocenters. The van der Waals surface area contributed by atoms with E-state index >= 15 is 0 Å². The molecule has 132 valence electrons. The molecule has 6 heteroatoms. The molecule has 0 aromatic heterocycles. The zero-order valence-electron chi connectivity index (χ0n) is 14.3. The summed E-state index contributed by atoms with van der Waals surface area (Å²) in [5.41, 5.74) is -0.912. The molecule has 4 saturated carbocycles. The number of rotatable bonds is 4. The van der Waals surface area contributed by atoms with E-state index in [2.05, 4.69) is 13.0 Å². The van der Waals surface area contributed by atoms with E-state index in [0.29, 0.717) is 18.3 Å². The van der Waals surface area contributed by atoms with Crippen molar-refractivity contribution in [3.05, 3.63) is 0 Å². The fraction of sp³-hybridized carbons (Fsp3) is 0.889. The van der Waals surface area contributed by atoms with Crippen molar-refractivity contribution in [2.75, 3.05) is 13.1 Å². The Kier molecular flexibility index (Phi) is 3.68. The van der Waals surface area contributed by atoms with Crippen LogP contribution >= 0.6 is 0 Å². The number of hydrogen-bond donors (Lipinski definition) is 2. The van der Waals surface area contributed by atoms with Gasteiger partial charge in [-0.25, -0.2) is 10.0 Å². The van der Waals surface area contributed by atoms with Gasteiger partial charge in [-0.05, 0) is 62.7 Å². The Balaban J connectivity index is 1.69. The van der Waals surface area contributed by atoms with E-state index in [0.717, 1.165) is 38.6 Å². The number of carboxylic acid groups (broad SMARTS) is 1. The SMILES string of the molecule is C[C@H]1CCN(N(CC(=O)O)C23C[C@@H]4C[C@@H](CC(O)(C4)C2)C3)[C@@H]1C#N. The lowest BCUT2D eigenvalue weighted by molar-refractivity contribution is -0.227. The van der Waals surface area contributed by atoms with Crippen LogP contribution in [0.2, 0.25) is 0 Å². The van der Waals surface area contributed by atoms with Crippen LogP contribution in [-0.4, -0.2) is 56.5 Å². The summed E-state index contributed by atoms with van der Waals surface area (Å²) in [5.74, 6) is 0.387. The third kappa shape index (κ3) is 2.45. The van der Waals surface area contributed by atoms with Gasteiger partial charge >= 0.3 is 5.97 Å². The van der Waals surface area contributed by atoms with Crippen LogP contribution in [0.15, 0.2) is 0 Å². The van der Waals surface area contributed by atoms with Crippen molar-refractivity contribution >= 4 is 5.97 Å².